The van der Waals surface area contributed by atoms with Crippen molar-refractivity contribution in [3.05, 3.63) is 83.3 Å². The number of rotatable bonds is 6. The number of fused-ring (bicyclic) bond motifs is 2. The quantitative estimate of drug-likeness (QED) is 0.286. The summed E-state index contributed by atoms with van der Waals surface area (Å²) in [4.78, 5) is 26.3. The zero-order valence-corrected chi connectivity index (χ0v) is 24.4. The number of ether oxygens (including phenoxy) is 1. The number of pyridine rings is 1. The summed E-state index contributed by atoms with van der Waals surface area (Å²) in [5, 5.41) is 16.5. The fraction of sp³-hybridized carbons (Fsp3) is 0.324. The first-order valence-corrected chi connectivity index (χ1v) is 15.0. The molecule has 0 unspecified atom stereocenters. The van der Waals surface area contributed by atoms with Crippen molar-refractivity contribution in [1.29, 1.82) is 0 Å². The fourth-order valence-electron chi connectivity index (χ4n) is 6.62. The minimum absolute atomic E-state index is 0.123. The molecule has 2 aliphatic heterocycles. The molecular formula is C34H34N6O3. The topological polar surface area (TPSA) is 99.5 Å². The zero-order valence-electron chi connectivity index (χ0n) is 24.4. The summed E-state index contributed by atoms with van der Waals surface area (Å²) in [6.07, 6.45) is 6.29. The predicted octanol–water partition coefficient (Wildman–Crippen LogP) is 5.30. The van der Waals surface area contributed by atoms with Crippen molar-refractivity contribution in [2.45, 2.75) is 38.3 Å². The van der Waals surface area contributed by atoms with Crippen LogP contribution in [0.3, 0.4) is 0 Å². The Morgan fingerprint density at radius 2 is 1.93 bits per heavy atom. The van der Waals surface area contributed by atoms with Crippen LogP contribution in [0, 0.1) is 6.92 Å². The first-order valence-electron chi connectivity index (χ1n) is 15.0. The van der Waals surface area contributed by atoms with Crippen molar-refractivity contribution in [2.24, 2.45) is 0 Å². The van der Waals surface area contributed by atoms with Crippen LogP contribution in [-0.4, -0.2) is 69.0 Å². The SMILES string of the molecule is Cc1nn(C2CN(C)C2)cc1-c1cc2c(-c3cccc(N4CCOc5cc(C6CC6)ccc5C4=O)c3CO)nccc2[nH]1. The summed E-state index contributed by atoms with van der Waals surface area (Å²) in [7, 11) is 2.12. The molecule has 43 heavy (non-hydrogen) atoms. The average Bonchev–Trinajstić information content (AvgIpc) is 3.69. The number of benzene rings is 2. The number of aliphatic hydroxyl groups excluding tert-OH is 1. The van der Waals surface area contributed by atoms with E-state index in [0.29, 0.717) is 47.7 Å². The van der Waals surface area contributed by atoms with E-state index in [0.717, 1.165) is 52.2 Å². The van der Waals surface area contributed by atoms with Crippen molar-refractivity contribution in [1.82, 2.24) is 24.6 Å². The minimum Gasteiger partial charge on any atom is -0.491 e. The molecule has 2 fully saturated rings. The molecule has 1 saturated carbocycles. The number of H-pyrrole nitrogens is 1. The number of likely N-dealkylation sites (tertiary alicyclic amines) is 1. The fourth-order valence-corrected chi connectivity index (χ4v) is 6.62. The van der Waals surface area contributed by atoms with Gasteiger partial charge in [-0.25, -0.2) is 0 Å². The third kappa shape index (κ3) is 4.42. The van der Waals surface area contributed by atoms with E-state index in [4.69, 9.17) is 14.8 Å². The number of nitrogens with one attached hydrogen (secondary N) is 1. The Morgan fingerprint density at radius 3 is 2.72 bits per heavy atom. The van der Waals surface area contributed by atoms with Crippen LogP contribution in [0.15, 0.2) is 60.9 Å². The summed E-state index contributed by atoms with van der Waals surface area (Å²) in [6, 6.07) is 16.2. The van der Waals surface area contributed by atoms with Gasteiger partial charge in [0.1, 0.15) is 12.4 Å². The molecule has 9 heteroatoms. The molecule has 9 nitrogen and oxygen atoms in total. The lowest BCUT2D eigenvalue weighted by molar-refractivity contribution is 0.0989. The van der Waals surface area contributed by atoms with Crippen molar-refractivity contribution < 1.29 is 14.6 Å². The van der Waals surface area contributed by atoms with Gasteiger partial charge in [0.15, 0.2) is 0 Å². The van der Waals surface area contributed by atoms with E-state index in [2.05, 4.69) is 39.9 Å². The third-order valence-corrected chi connectivity index (χ3v) is 9.13. The minimum atomic E-state index is -0.235. The number of aromatic nitrogens is 4. The van der Waals surface area contributed by atoms with Gasteiger partial charge in [-0.05, 0) is 68.6 Å². The maximum Gasteiger partial charge on any atom is 0.262 e. The maximum absolute atomic E-state index is 13.9. The summed E-state index contributed by atoms with van der Waals surface area (Å²) in [6.45, 7) is 4.57. The van der Waals surface area contributed by atoms with E-state index in [-0.39, 0.29) is 12.5 Å². The van der Waals surface area contributed by atoms with Gasteiger partial charge in [-0.1, -0.05) is 18.2 Å². The second-order valence-corrected chi connectivity index (χ2v) is 12.1. The van der Waals surface area contributed by atoms with E-state index in [9.17, 15) is 9.90 Å². The highest BCUT2D eigenvalue weighted by molar-refractivity contribution is 6.09. The van der Waals surface area contributed by atoms with E-state index in [1.807, 2.05) is 43.3 Å². The molecule has 2 aromatic carbocycles. The van der Waals surface area contributed by atoms with Crippen LogP contribution >= 0.6 is 0 Å². The van der Waals surface area contributed by atoms with E-state index in [1.54, 1.807) is 11.1 Å². The van der Waals surface area contributed by atoms with Gasteiger partial charge in [0.2, 0.25) is 0 Å². The highest BCUT2D eigenvalue weighted by Crippen LogP contribution is 2.43. The number of aryl methyl sites for hydroxylation is 1. The highest BCUT2D eigenvalue weighted by Gasteiger charge is 2.31. The largest absolute Gasteiger partial charge is 0.491 e. The van der Waals surface area contributed by atoms with Gasteiger partial charge in [0.25, 0.3) is 5.91 Å². The summed E-state index contributed by atoms with van der Waals surface area (Å²) in [5.41, 5.74) is 8.63. The smallest absolute Gasteiger partial charge is 0.262 e. The second-order valence-electron chi connectivity index (χ2n) is 12.1. The Bertz CT molecular complexity index is 1880. The van der Waals surface area contributed by atoms with Gasteiger partial charge in [0, 0.05) is 58.8 Å². The number of aromatic amines is 1. The van der Waals surface area contributed by atoms with Gasteiger partial charge in [-0.3, -0.25) is 14.5 Å². The number of aliphatic hydroxyl groups is 1. The molecule has 3 aliphatic rings. The van der Waals surface area contributed by atoms with Crippen molar-refractivity contribution in [3.63, 3.8) is 0 Å². The van der Waals surface area contributed by atoms with Gasteiger partial charge in [-0.2, -0.15) is 5.10 Å². The number of carbonyl (C=O) groups excluding carboxylic acids is 1. The third-order valence-electron chi connectivity index (χ3n) is 9.13. The summed E-state index contributed by atoms with van der Waals surface area (Å²) < 4.78 is 8.15. The van der Waals surface area contributed by atoms with Crippen LogP contribution < -0.4 is 9.64 Å². The summed E-state index contributed by atoms with van der Waals surface area (Å²) in [5.74, 6) is 1.10. The van der Waals surface area contributed by atoms with Crippen molar-refractivity contribution >= 4 is 22.5 Å². The highest BCUT2D eigenvalue weighted by atomic mass is 16.5. The Morgan fingerprint density at radius 1 is 1.07 bits per heavy atom. The lowest BCUT2D eigenvalue weighted by Gasteiger charge is -2.36. The lowest BCUT2D eigenvalue weighted by Crippen LogP contribution is -2.45. The number of carbonyl (C=O) groups is 1. The molecule has 0 radical (unpaired) electrons. The molecule has 0 bridgehead atoms. The summed E-state index contributed by atoms with van der Waals surface area (Å²) >= 11 is 0. The van der Waals surface area contributed by atoms with E-state index in [1.165, 1.54) is 18.4 Å². The molecular weight excluding hydrogens is 540 g/mol. The Hall–Kier alpha value is -4.47. The van der Waals surface area contributed by atoms with Crippen molar-refractivity contribution in [3.8, 4) is 28.3 Å². The second kappa shape index (κ2) is 10.1. The standard InChI is InChI=1S/C34H34N6O3/c1-20-27(18-40(37-20)23-16-38(2)17-23)30-15-26-29(36-30)10-11-35-33(26)24-4-3-5-31(28(24)19-41)39-12-13-43-32-14-22(21-6-7-21)8-9-25(32)34(39)42/h3-5,8-11,14-15,18,21,23,36,41H,6-7,12-13,16-17,19H2,1-2H3. The molecule has 1 aliphatic carbocycles. The molecule has 8 rings (SSSR count). The van der Waals surface area contributed by atoms with Crippen LogP contribution in [0.1, 0.15) is 52.0 Å². The number of hydrogen-bond acceptors (Lipinski definition) is 6. The molecule has 1 amide bonds. The lowest BCUT2D eigenvalue weighted by atomic mass is 9.98. The van der Waals surface area contributed by atoms with E-state index < -0.39 is 0 Å². The molecule has 5 aromatic rings. The first-order chi connectivity index (χ1) is 21.0. The molecule has 2 N–H and O–H groups in total. The van der Waals surface area contributed by atoms with Crippen LogP contribution in [0.25, 0.3) is 33.4 Å². The van der Waals surface area contributed by atoms with Crippen LogP contribution in [0.5, 0.6) is 5.75 Å². The Labute approximate surface area is 249 Å². The molecule has 218 valence electrons. The normalized spacial score (nSPS) is 17.6. The van der Waals surface area contributed by atoms with Crippen LogP contribution in [0.4, 0.5) is 5.69 Å². The van der Waals surface area contributed by atoms with Crippen LogP contribution in [0.2, 0.25) is 0 Å². The molecule has 0 spiro atoms. The van der Waals surface area contributed by atoms with Gasteiger partial charge < -0.3 is 24.6 Å². The maximum atomic E-state index is 13.9. The van der Waals surface area contributed by atoms with Crippen molar-refractivity contribution in [2.75, 3.05) is 38.2 Å². The van der Waals surface area contributed by atoms with Gasteiger partial charge in [-0.15, -0.1) is 0 Å². The first kappa shape index (κ1) is 26.2. The molecule has 0 atom stereocenters. The number of nitrogens with zero attached hydrogens (tertiary/aromatic N) is 5. The average molecular weight is 575 g/mol. The monoisotopic (exact) mass is 574 g/mol. The van der Waals surface area contributed by atoms with E-state index >= 15 is 0 Å². The van der Waals surface area contributed by atoms with Gasteiger partial charge in [0.05, 0.1) is 41.8 Å². The predicted molar refractivity (Wildman–Crippen MR) is 166 cm³/mol. The number of hydrogen-bond donors (Lipinski definition) is 2. The van der Waals surface area contributed by atoms with Gasteiger partial charge >= 0.3 is 0 Å². The number of amides is 1. The van der Waals surface area contributed by atoms with Crippen LogP contribution in [-0.2, 0) is 6.61 Å². The molecule has 5 heterocycles. The zero-order chi connectivity index (χ0) is 29.2. The Balaban J connectivity index is 1.17. The Kier molecular flexibility index (Phi) is 6.13. The number of anilines is 1. The molecule has 1 saturated heterocycles. The molecule has 3 aromatic heterocycles. The number of likely N-dealkylation sites (N-methyl/N-ethyl adjacent to an activating group) is 1.